The van der Waals surface area contributed by atoms with E-state index in [0.29, 0.717) is 6.42 Å². The second-order valence-corrected chi connectivity index (χ2v) is 3.69. The van der Waals surface area contributed by atoms with Gasteiger partial charge in [-0.3, -0.25) is 4.98 Å². The van der Waals surface area contributed by atoms with E-state index in [9.17, 15) is 4.39 Å². The molecule has 76 valence electrons. The molecule has 1 heterocycles. The smallest absolute Gasteiger partial charge is 0.141 e. The molecule has 1 aromatic carbocycles. The number of pyridine rings is 1. The Kier molecular flexibility index (Phi) is 2.97. The molecule has 1 nitrogen and oxygen atoms in total. The minimum absolute atomic E-state index is 0.163. The average molecular weight is 222 g/mol. The molecule has 0 unspecified atom stereocenters. The molecule has 0 fully saturated rings. The Hall–Kier alpha value is -1.41. The Bertz CT molecular complexity index is 456. The van der Waals surface area contributed by atoms with Gasteiger partial charge in [0.15, 0.2) is 0 Å². The van der Waals surface area contributed by atoms with Gasteiger partial charge in [0.25, 0.3) is 0 Å². The molecule has 0 aliphatic rings. The van der Waals surface area contributed by atoms with Crippen LogP contribution >= 0.6 is 11.6 Å². The Morgan fingerprint density at radius 1 is 1.20 bits per heavy atom. The van der Waals surface area contributed by atoms with Crippen LogP contribution in [0.2, 0.25) is 5.02 Å². The molecule has 0 aliphatic carbocycles. The average Bonchev–Trinajstić information content (AvgIpc) is 2.25. The third kappa shape index (κ3) is 2.54. The molecular formula is C12H9ClFN. The third-order valence-electron chi connectivity index (χ3n) is 2.12. The predicted molar refractivity (Wildman–Crippen MR) is 58.5 cm³/mol. The summed E-state index contributed by atoms with van der Waals surface area (Å²) in [6.45, 7) is 0. The van der Waals surface area contributed by atoms with Crippen LogP contribution in [0.15, 0.2) is 42.7 Å². The summed E-state index contributed by atoms with van der Waals surface area (Å²) in [4.78, 5) is 4.01. The minimum atomic E-state index is -0.383. The fraction of sp³-hybridized carbons (Fsp3) is 0.0833. The summed E-state index contributed by atoms with van der Waals surface area (Å²) in [5.41, 5.74) is 2.06. The van der Waals surface area contributed by atoms with Crippen LogP contribution in [0.3, 0.4) is 0 Å². The van der Waals surface area contributed by atoms with Gasteiger partial charge >= 0.3 is 0 Å². The maximum Gasteiger partial charge on any atom is 0.141 e. The molecule has 0 aliphatic heterocycles. The monoisotopic (exact) mass is 221 g/mol. The molecule has 0 amide bonds. The Balaban J connectivity index is 2.22. The molecule has 0 radical (unpaired) electrons. The van der Waals surface area contributed by atoms with Gasteiger partial charge in [0.2, 0.25) is 0 Å². The first-order valence-electron chi connectivity index (χ1n) is 4.58. The maximum atomic E-state index is 12.9. The lowest BCUT2D eigenvalue weighted by molar-refractivity contribution is 0.627. The summed E-state index contributed by atoms with van der Waals surface area (Å²) in [7, 11) is 0. The Labute approximate surface area is 92.5 Å². The highest BCUT2D eigenvalue weighted by Gasteiger charge is 2.01. The van der Waals surface area contributed by atoms with Crippen LogP contribution in [0.4, 0.5) is 4.39 Å². The maximum absolute atomic E-state index is 12.9. The third-order valence-corrected chi connectivity index (χ3v) is 2.40. The molecule has 0 atom stereocenters. The van der Waals surface area contributed by atoms with Gasteiger partial charge in [-0.25, -0.2) is 4.39 Å². The van der Waals surface area contributed by atoms with Crippen LogP contribution in [0, 0.1) is 5.82 Å². The lowest BCUT2D eigenvalue weighted by atomic mass is 10.1. The molecule has 15 heavy (non-hydrogen) atoms. The van der Waals surface area contributed by atoms with Gasteiger partial charge in [-0.1, -0.05) is 23.7 Å². The van der Waals surface area contributed by atoms with Crippen LogP contribution in [0.25, 0.3) is 0 Å². The second kappa shape index (κ2) is 4.41. The summed E-state index contributed by atoms with van der Waals surface area (Å²) in [5.74, 6) is -0.383. The van der Waals surface area contributed by atoms with Crippen molar-refractivity contribution < 1.29 is 4.39 Å². The first-order valence-corrected chi connectivity index (χ1v) is 4.96. The van der Waals surface area contributed by atoms with Crippen molar-refractivity contribution in [1.29, 1.82) is 0 Å². The lowest BCUT2D eigenvalue weighted by Crippen LogP contribution is -1.89. The first-order chi connectivity index (χ1) is 7.25. The summed E-state index contributed by atoms with van der Waals surface area (Å²) < 4.78 is 12.9. The minimum Gasteiger partial charge on any atom is -0.264 e. The molecule has 1 aromatic heterocycles. The van der Waals surface area contributed by atoms with Crippen molar-refractivity contribution in [2.24, 2.45) is 0 Å². The summed E-state index contributed by atoms with van der Waals surface area (Å²) in [6, 6.07) is 8.61. The fourth-order valence-corrected chi connectivity index (χ4v) is 1.59. The molecule has 2 rings (SSSR count). The number of halogens is 2. The quantitative estimate of drug-likeness (QED) is 0.757. The molecule has 0 saturated heterocycles. The highest BCUT2D eigenvalue weighted by atomic mass is 35.5. The second-order valence-electron chi connectivity index (χ2n) is 3.29. The highest BCUT2D eigenvalue weighted by molar-refractivity contribution is 6.30. The zero-order valence-electron chi connectivity index (χ0n) is 7.95. The first kappa shape index (κ1) is 10.1. The largest absolute Gasteiger partial charge is 0.264 e. The number of hydrogen-bond acceptors (Lipinski definition) is 1. The topological polar surface area (TPSA) is 12.9 Å². The summed E-state index contributed by atoms with van der Waals surface area (Å²) in [6.07, 6.45) is 4.23. The van der Waals surface area contributed by atoms with E-state index < -0.39 is 0 Å². The van der Waals surface area contributed by atoms with E-state index in [1.165, 1.54) is 6.07 Å². The zero-order valence-corrected chi connectivity index (χ0v) is 8.71. The van der Waals surface area contributed by atoms with E-state index in [1.54, 1.807) is 24.5 Å². The standard InChI is InChI=1S/C12H9ClFN/c13-11-7-9(3-4-12(11)14)6-10-2-1-5-15-8-10/h1-5,7-8H,6H2. The van der Waals surface area contributed by atoms with E-state index >= 15 is 0 Å². The number of aromatic nitrogens is 1. The highest BCUT2D eigenvalue weighted by Crippen LogP contribution is 2.17. The normalized spacial score (nSPS) is 10.3. The van der Waals surface area contributed by atoms with Crippen molar-refractivity contribution in [3.05, 3.63) is 64.7 Å². The van der Waals surface area contributed by atoms with Crippen molar-refractivity contribution in [3.63, 3.8) is 0 Å². The number of hydrogen-bond donors (Lipinski definition) is 0. The van der Waals surface area contributed by atoms with Crippen molar-refractivity contribution in [2.75, 3.05) is 0 Å². The van der Waals surface area contributed by atoms with Crippen LogP contribution in [0.1, 0.15) is 11.1 Å². The van der Waals surface area contributed by atoms with Crippen molar-refractivity contribution in [1.82, 2.24) is 4.98 Å². The summed E-state index contributed by atoms with van der Waals surface area (Å²) >= 11 is 5.69. The molecular weight excluding hydrogens is 213 g/mol. The van der Waals surface area contributed by atoms with Crippen LogP contribution in [-0.4, -0.2) is 4.98 Å². The van der Waals surface area contributed by atoms with E-state index in [2.05, 4.69) is 4.98 Å². The van der Waals surface area contributed by atoms with E-state index in [0.717, 1.165) is 11.1 Å². The number of benzene rings is 1. The van der Waals surface area contributed by atoms with Crippen molar-refractivity contribution in [3.8, 4) is 0 Å². The van der Waals surface area contributed by atoms with Crippen molar-refractivity contribution >= 4 is 11.6 Å². The fourth-order valence-electron chi connectivity index (χ4n) is 1.39. The lowest BCUT2D eigenvalue weighted by Gasteiger charge is -2.02. The molecule has 0 bridgehead atoms. The van der Waals surface area contributed by atoms with Crippen LogP contribution in [-0.2, 0) is 6.42 Å². The van der Waals surface area contributed by atoms with Crippen molar-refractivity contribution in [2.45, 2.75) is 6.42 Å². The zero-order chi connectivity index (χ0) is 10.7. The van der Waals surface area contributed by atoms with Gasteiger partial charge in [-0.2, -0.15) is 0 Å². The van der Waals surface area contributed by atoms with E-state index in [4.69, 9.17) is 11.6 Å². The molecule has 2 aromatic rings. The Morgan fingerprint density at radius 2 is 2.07 bits per heavy atom. The SMILES string of the molecule is Fc1ccc(Cc2cccnc2)cc1Cl. The van der Waals surface area contributed by atoms with Gasteiger partial charge in [0.1, 0.15) is 5.82 Å². The molecule has 0 spiro atoms. The van der Waals surface area contributed by atoms with Crippen LogP contribution < -0.4 is 0 Å². The van der Waals surface area contributed by atoms with Gasteiger partial charge in [-0.15, -0.1) is 0 Å². The van der Waals surface area contributed by atoms with E-state index in [-0.39, 0.29) is 10.8 Å². The Morgan fingerprint density at radius 3 is 2.73 bits per heavy atom. The van der Waals surface area contributed by atoms with Gasteiger partial charge in [0.05, 0.1) is 5.02 Å². The molecule has 3 heteroatoms. The summed E-state index contributed by atoms with van der Waals surface area (Å²) in [5, 5.41) is 0.163. The number of nitrogens with zero attached hydrogens (tertiary/aromatic N) is 1. The molecule has 0 saturated carbocycles. The van der Waals surface area contributed by atoms with Gasteiger partial charge < -0.3 is 0 Å². The molecule has 0 N–H and O–H groups in total. The van der Waals surface area contributed by atoms with Gasteiger partial charge in [-0.05, 0) is 35.7 Å². The number of rotatable bonds is 2. The predicted octanol–water partition coefficient (Wildman–Crippen LogP) is 3.46. The van der Waals surface area contributed by atoms with E-state index in [1.807, 2.05) is 12.1 Å². The van der Waals surface area contributed by atoms with Gasteiger partial charge in [0, 0.05) is 12.4 Å². The van der Waals surface area contributed by atoms with Crippen LogP contribution in [0.5, 0.6) is 0 Å².